The average Bonchev–Trinajstić information content (AvgIpc) is 3.41. The number of carbonyl (C=O) groups is 1. The molecular formula is C30H36N6O3S. The van der Waals surface area contributed by atoms with Gasteiger partial charge >= 0.3 is 0 Å². The number of nitrogens with one attached hydrogen (secondary N) is 3. The number of hydrogen-bond acceptors (Lipinski definition) is 9. The molecule has 2 aromatic rings. The summed E-state index contributed by atoms with van der Waals surface area (Å²) in [7, 11) is 1.63. The lowest BCUT2D eigenvalue weighted by Crippen LogP contribution is -2.36. The molecule has 0 bridgehead atoms. The van der Waals surface area contributed by atoms with Crippen molar-refractivity contribution in [3.63, 3.8) is 0 Å². The highest BCUT2D eigenvalue weighted by atomic mass is 32.2. The molecule has 2 aromatic carbocycles. The summed E-state index contributed by atoms with van der Waals surface area (Å²) in [6.07, 6.45) is 3.31. The molecule has 1 saturated heterocycles. The van der Waals surface area contributed by atoms with Crippen molar-refractivity contribution in [3.05, 3.63) is 66.1 Å². The molecule has 9 nitrogen and oxygen atoms in total. The van der Waals surface area contributed by atoms with E-state index < -0.39 is 0 Å². The first-order valence-electron chi connectivity index (χ1n) is 13.4. The molecule has 3 heterocycles. The van der Waals surface area contributed by atoms with Crippen molar-refractivity contribution < 1.29 is 14.3 Å². The van der Waals surface area contributed by atoms with Gasteiger partial charge in [-0.05, 0) is 62.1 Å². The normalized spacial score (nSPS) is 20.2. The fourth-order valence-electron chi connectivity index (χ4n) is 4.89. The Bertz CT molecular complexity index is 1370. The maximum Gasteiger partial charge on any atom is 0.247 e. The number of amides is 1. The first-order chi connectivity index (χ1) is 19.2. The molecule has 3 N–H and O–H groups in total. The van der Waals surface area contributed by atoms with Gasteiger partial charge in [-0.15, -0.1) is 11.8 Å². The molecule has 10 heteroatoms. The van der Waals surface area contributed by atoms with E-state index in [4.69, 9.17) is 19.5 Å². The van der Waals surface area contributed by atoms with E-state index in [1.165, 1.54) is 6.08 Å². The van der Waals surface area contributed by atoms with E-state index >= 15 is 0 Å². The fraction of sp³-hybridized carbons (Fsp3) is 0.367. The Morgan fingerprint density at radius 2 is 2.00 bits per heavy atom. The standard InChI is InChI=1S/C30H36N6O3S/c1-6-26(37)31-22-17-23(25(38-5)18-24(22)36-11-13-39-14-12-36)33-29-32-21-10-15-40-28(21)27(34-29)19-8-7-9-20(16-19)35-30(2,3)4/h6-10,15-18,27-28,35H,1,11-14H2,2-5H3,(H,31,37)(H,33,34). The first kappa shape index (κ1) is 27.8. The molecule has 3 aliphatic heterocycles. The summed E-state index contributed by atoms with van der Waals surface area (Å²) in [5.41, 5.74) is 5.22. The number of thioether (sulfide) groups is 1. The van der Waals surface area contributed by atoms with Crippen molar-refractivity contribution in [2.75, 3.05) is 54.3 Å². The van der Waals surface area contributed by atoms with E-state index in [0.717, 1.165) is 22.6 Å². The predicted molar refractivity (Wildman–Crippen MR) is 166 cm³/mol. The lowest BCUT2D eigenvalue weighted by molar-refractivity contribution is -0.111. The molecule has 0 aromatic heterocycles. The Balaban J connectivity index is 1.50. The van der Waals surface area contributed by atoms with E-state index in [2.05, 4.69) is 77.9 Å². The molecule has 0 saturated carbocycles. The third-order valence-corrected chi connectivity index (χ3v) is 7.73. The lowest BCUT2D eigenvalue weighted by Gasteiger charge is -2.31. The van der Waals surface area contributed by atoms with Gasteiger partial charge in [0.15, 0.2) is 0 Å². The highest BCUT2D eigenvalue weighted by molar-refractivity contribution is 8.04. The van der Waals surface area contributed by atoms with Crippen molar-refractivity contribution in [3.8, 4) is 5.75 Å². The Labute approximate surface area is 239 Å². The second-order valence-corrected chi connectivity index (χ2v) is 11.8. The van der Waals surface area contributed by atoms with Crippen molar-refractivity contribution in [1.82, 2.24) is 0 Å². The topological polar surface area (TPSA) is 99.6 Å². The highest BCUT2D eigenvalue weighted by Crippen LogP contribution is 2.41. The van der Waals surface area contributed by atoms with Crippen LogP contribution >= 0.6 is 11.8 Å². The second-order valence-electron chi connectivity index (χ2n) is 10.8. The number of hydrogen-bond donors (Lipinski definition) is 3. The number of morpholine rings is 1. The summed E-state index contributed by atoms with van der Waals surface area (Å²) in [5.74, 6) is 0.809. The summed E-state index contributed by atoms with van der Waals surface area (Å²) in [5, 5.41) is 12.1. The van der Waals surface area contributed by atoms with Crippen molar-refractivity contribution in [2.45, 2.75) is 37.6 Å². The van der Waals surface area contributed by atoms with Gasteiger partial charge in [0, 0.05) is 30.4 Å². The van der Waals surface area contributed by atoms with E-state index in [-0.39, 0.29) is 22.7 Å². The molecule has 2 atom stereocenters. The Morgan fingerprint density at radius 3 is 2.73 bits per heavy atom. The smallest absolute Gasteiger partial charge is 0.247 e. The molecule has 0 spiro atoms. The van der Waals surface area contributed by atoms with E-state index in [9.17, 15) is 4.79 Å². The fourth-order valence-corrected chi connectivity index (χ4v) is 5.92. The quantitative estimate of drug-likeness (QED) is 0.387. The van der Waals surface area contributed by atoms with Crippen LogP contribution in [-0.2, 0) is 9.53 Å². The van der Waals surface area contributed by atoms with Gasteiger partial charge < -0.3 is 30.3 Å². The molecule has 2 unspecified atom stereocenters. The SMILES string of the molecule is C=CC(=O)Nc1cc(NC2=NC(c3cccc(NC(C)(C)C)c3)C3SC=CC3=N2)c(OC)cc1N1CCOCC1. The maximum absolute atomic E-state index is 12.3. The predicted octanol–water partition coefficient (Wildman–Crippen LogP) is 5.46. The third kappa shape index (κ3) is 6.34. The van der Waals surface area contributed by atoms with Crippen LogP contribution in [0.4, 0.5) is 22.7 Å². The van der Waals surface area contributed by atoms with Crippen molar-refractivity contribution in [2.24, 2.45) is 9.98 Å². The number of carbonyl (C=O) groups excluding carboxylic acids is 1. The minimum Gasteiger partial charge on any atom is -0.494 e. The number of fused-ring (bicyclic) bond motifs is 1. The zero-order valence-electron chi connectivity index (χ0n) is 23.4. The summed E-state index contributed by atoms with van der Waals surface area (Å²) >= 11 is 1.73. The zero-order chi connectivity index (χ0) is 28.3. The average molecular weight is 561 g/mol. The van der Waals surface area contributed by atoms with Crippen molar-refractivity contribution in [1.29, 1.82) is 0 Å². The minimum atomic E-state index is -0.291. The van der Waals surface area contributed by atoms with Gasteiger partial charge in [0.25, 0.3) is 0 Å². The van der Waals surface area contributed by atoms with Gasteiger partial charge in [0.05, 0.1) is 54.4 Å². The van der Waals surface area contributed by atoms with Crippen LogP contribution in [0.25, 0.3) is 0 Å². The number of allylic oxidation sites excluding steroid dienone is 1. The largest absolute Gasteiger partial charge is 0.494 e. The molecule has 0 aliphatic carbocycles. The van der Waals surface area contributed by atoms with Gasteiger partial charge in [-0.2, -0.15) is 0 Å². The van der Waals surface area contributed by atoms with Crippen LogP contribution in [-0.4, -0.2) is 61.8 Å². The first-order valence-corrected chi connectivity index (χ1v) is 14.3. The monoisotopic (exact) mass is 560 g/mol. The number of aliphatic imine (C=N–C) groups is 2. The highest BCUT2D eigenvalue weighted by Gasteiger charge is 2.34. The zero-order valence-corrected chi connectivity index (χ0v) is 24.2. The molecule has 5 rings (SSSR count). The Kier molecular flexibility index (Phi) is 8.18. The number of nitrogens with zero attached hydrogens (tertiary/aromatic N) is 3. The summed E-state index contributed by atoms with van der Waals surface area (Å²) < 4.78 is 11.3. The van der Waals surface area contributed by atoms with Crippen LogP contribution in [0.3, 0.4) is 0 Å². The van der Waals surface area contributed by atoms with Crippen LogP contribution in [0.15, 0.2) is 70.5 Å². The van der Waals surface area contributed by atoms with Crippen LogP contribution in [0, 0.1) is 0 Å². The molecular weight excluding hydrogens is 524 g/mol. The molecule has 40 heavy (non-hydrogen) atoms. The number of guanidine groups is 1. The van der Waals surface area contributed by atoms with E-state index in [0.29, 0.717) is 49.4 Å². The number of methoxy groups -OCH3 is 1. The Hall–Kier alpha value is -3.76. The van der Waals surface area contributed by atoms with E-state index in [1.807, 2.05) is 18.2 Å². The van der Waals surface area contributed by atoms with Crippen LogP contribution < -0.4 is 25.6 Å². The van der Waals surface area contributed by atoms with Gasteiger partial charge in [-0.25, -0.2) is 9.98 Å². The van der Waals surface area contributed by atoms with Gasteiger partial charge in [0.1, 0.15) is 5.75 Å². The summed E-state index contributed by atoms with van der Waals surface area (Å²) in [4.78, 5) is 24.4. The lowest BCUT2D eigenvalue weighted by atomic mass is 9.99. The summed E-state index contributed by atoms with van der Waals surface area (Å²) in [6, 6.07) is 12.1. The number of rotatable bonds is 7. The number of benzene rings is 2. The molecule has 1 fully saturated rings. The van der Waals surface area contributed by atoms with Crippen molar-refractivity contribution >= 4 is 52.1 Å². The number of anilines is 4. The van der Waals surface area contributed by atoms with E-state index in [1.54, 1.807) is 18.9 Å². The van der Waals surface area contributed by atoms with Gasteiger partial charge in [-0.1, -0.05) is 18.7 Å². The van der Waals surface area contributed by atoms with Crippen LogP contribution in [0.1, 0.15) is 32.4 Å². The second kappa shape index (κ2) is 11.8. The third-order valence-electron chi connectivity index (χ3n) is 6.65. The van der Waals surface area contributed by atoms with Crippen LogP contribution in [0.2, 0.25) is 0 Å². The molecule has 0 radical (unpaired) electrons. The van der Waals surface area contributed by atoms with Crippen LogP contribution in [0.5, 0.6) is 5.75 Å². The van der Waals surface area contributed by atoms with Gasteiger partial charge in [-0.3, -0.25) is 4.79 Å². The van der Waals surface area contributed by atoms with Gasteiger partial charge in [0.2, 0.25) is 11.9 Å². The molecule has 1 amide bonds. The summed E-state index contributed by atoms with van der Waals surface area (Å²) in [6.45, 7) is 12.7. The molecule has 3 aliphatic rings. The molecule has 210 valence electrons. The Morgan fingerprint density at radius 1 is 1.20 bits per heavy atom. The maximum atomic E-state index is 12.3. The number of ether oxygens (including phenoxy) is 2. The minimum absolute atomic E-state index is 0.0554.